The summed E-state index contributed by atoms with van der Waals surface area (Å²) in [7, 11) is 0. The Morgan fingerprint density at radius 1 is 1.35 bits per heavy atom. The SMILES string of the molecule is CC1OCCC1(CCl)Cc1cc(F)cc(F)c1. The molecule has 2 atom stereocenters. The highest BCUT2D eigenvalue weighted by Crippen LogP contribution is 2.39. The van der Waals surface area contributed by atoms with E-state index < -0.39 is 11.6 Å². The molecule has 0 radical (unpaired) electrons. The lowest BCUT2D eigenvalue weighted by Gasteiger charge is -2.30. The third-order valence-corrected chi connectivity index (χ3v) is 4.11. The third-order valence-electron chi connectivity index (χ3n) is 3.57. The van der Waals surface area contributed by atoms with Crippen molar-refractivity contribution in [1.29, 1.82) is 0 Å². The van der Waals surface area contributed by atoms with E-state index in [1.165, 1.54) is 12.1 Å². The Hall–Kier alpha value is -0.670. The monoisotopic (exact) mass is 260 g/mol. The first-order valence-corrected chi connectivity index (χ1v) is 6.22. The van der Waals surface area contributed by atoms with Crippen LogP contribution in [0.25, 0.3) is 0 Å². The summed E-state index contributed by atoms with van der Waals surface area (Å²) < 4.78 is 31.8. The van der Waals surface area contributed by atoms with Crippen molar-refractivity contribution >= 4 is 11.6 Å². The second kappa shape index (κ2) is 4.91. The summed E-state index contributed by atoms with van der Waals surface area (Å²) in [6, 6.07) is 3.61. The normalized spacial score (nSPS) is 28.6. The standard InChI is InChI=1S/C13H15ClF2O/c1-9-13(8-14,2-3-17-9)7-10-4-11(15)6-12(16)5-10/h4-6,9H,2-3,7-8H2,1H3. The van der Waals surface area contributed by atoms with Gasteiger partial charge in [0.05, 0.1) is 6.10 Å². The van der Waals surface area contributed by atoms with Gasteiger partial charge >= 0.3 is 0 Å². The van der Waals surface area contributed by atoms with Crippen LogP contribution in [0.5, 0.6) is 0 Å². The number of ether oxygens (including phenoxy) is 1. The number of benzene rings is 1. The lowest BCUT2D eigenvalue weighted by Crippen LogP contribution is -2.33. The molecule has 1 fully saturated rings. The van der Waals surface area contributed by atoms with Gasteiger partial charge in [-0.3, -0.25) is 0 Å². The van der Waals surface area contributed by atoms with E-state index in [0.717, 1.165) is 12.5 Å². The summed E-state index contributed by atoms with van der Waals surface area (Å²) in [5, 5.41) is 0. The van der Waals surface area contributed by atoms with Crippen molar-refractivity contribution in [3.05, 3.63) is 35.4 Å². The zero-order valence-corrected chi connectivity index (χ0v) is 10.4. The molecule has 2 rings (SSSR count). The Morgan fingerprint density at radius 2 is 2.00 bits per heavy atom. The van der Waals surface area contributed by atoms with Crippen LogP contribution in [0.3, 0.4) is 0 Å². The maximum absolute atomic E-state index is 13.1. The molecule has 1 aromatic rings. The quantitative estimate of drug-likeness (QED) is 0.756. The number of alkyl halides is 1. The molecular formula is C13H15ClF2O. The molecule has 4 heteroatoms. The zero-order chi connectivity index (χ0) is 12.5. The molecule has 0 aromatic heterocycles. The van der Waals surface area contributed by atoms with Crippen molar-refractivity contribution < 1.29 is 13.5 Å². The van der Waals surface area contributed by atoms with E-state index in [0.29, 0.717) is 24.5 Å². The smallest absolute Gasteiger partial charge is 0.126 e. The molecule has 2 unspecified atom stereocenters. The summed E-state index contributed by atoms with van der Waals surface area (Å²) in [5.74, 6) is -0.653. The van der Waals surface area contributed by atoms with E-state index in [-0.39, 0.29) is 11.5 Å². The van der Waals surface area contributed by atoms with Gasteiger partial charge in [0.15, 0.2) is 0 Å². The second-order valence-corrected chi connectivity index (χ2v) is 4.98. The number of hydrogen-bond acceptors (Lipinski definition) is 1. The van der Waals surface area contributed by atoms with Crippen LogP contribution in [0.4, 0.5) is 8.78 Å². The fourth-order valence-corrected chi connectivity index (χ4v) is 2.84. The molecule has 1 aliphatic rings. The zero-order valence-electron chi connectivity index (χ0n) is 9.68. The molecule has 1 heterocycles. The summed E-state index contributed by atoms with van der Waals surface area (Å²) in [4.78, 5) is 0. The first-order valence-electron chi connectivity index (χ1n) is 5.68. The Balaban J connectivity index is 2.24. The van der Waals surface area contributed by atoms with Crippen LogP contribution in [0.1, 0.15) is 18.9 Å². The fraction of sp³-hybridized carbons (Fsp3) is 0.538. The van der Waals surface area contributed by atoms with Gasteiger partial charge in [-0.25, -0.2) is 8.78 Å². The average Bonchev–Trinajstić information content (AvgIpc) is 2.59. The Labute approximate surface area is 105 Å². The minimum atomic E-state index is -0.545. The van der Waals surface area contributed by atoms with E-state index in [2.05, 4.69) is 0 Å². The third kappa shape index (κ3) is 2.61. The van der Waals surface area contributed by atoms with Gasteiger partial charge in [-0.1, -0.05) is 0 Å². The van der Waals surface area contributed by atoms with Crippen molar-refractivity contribution in [2.24, 2.45) is 5.41 Å². The number of rotatable bonds is 3. The van der Waals surface area contributed by atoms with Gasteiger partial charge in [-0.15, -0.1) is 11.6 Å². The van der Waals surface area contributed by atoms with Crippen LogP contribution >= 0.6 is 11.6 Å². The summed E-state index contributed by atoms with van der Waals surface area (Å²) in [5.41, 5.74) is 0.433. The molecule has 0 N–H and O–H groups in total. The lowest BCUT2D eigenvalue weighted by atomic mass is 9.78. The Bertz CT molecular complexity index is 390. The van der Waals surface area contributed by atoms with Crippen molar-refractivity contribution in [2.45, 2.75) is 25.9 Å². The number of hydrogen-bond donors (Lipinski definition) is 0. The molecule has 0 aliphatic carbocycles. The van der Waals surface area contributed by atoms with Crippen molar-refractivity contribution in [2.75, 3.05) is 12.5 Å². The molecule has 1 aromatic carbocycles. The van der Waals surface area contributed by atoms with Crippen LogP contribution in [0, 0.1) is 17.0 Å². The molecule has 17 heavy (non-hydrogen) atoms. The first kappa shape index (κ1) is 12.8. The highest BCUT2D eigenvalue weighted by Gasteiger charge is 2.40. The molecule has 94 valence electrons. The Morgan fingerprint density at radius 3 is 2.47 bits per heavy atom. The van der Waals surface area contributed by atoms with Crippen molar-refractivity contribution in [3.63, 3.8) is 0 Å². The molecule has 0 amide bonds. The van der Waals surface area contributed by atoms with Crippen LogP contribution in [-0.2, 0) is 11.2 Å². The van der Waals surface area contributed by atoms with Crippen LogP contribution < -0.4 is 0 Å². The summed E-state index contributed by atoms with van der Waals surface area (Å²) in [6.45, 7) is 2.62. The van der Waals surface area contributed by atoms with Crippen LogP contribution in [0.2, 0.25) is 0 Å². The second-order valence-electron chi connectivity index (χ2n) is 4.71. The maximum Gasteiger partial charge on any atom is 0.126 e. The van der Waals surface area contributed by atoms with Gasteiger partial charge in [-0.05, 0) is 37.5 Å². The van der Waals surface area contributed by atoms with E-state index in [4.69, 9.17) is 16.3 Å². The minimum absolute atomic E-state index is 0.0197. The predicted octanol–water partition coefficient (Wildman–Crippen LogP) is 3.54. The highest BCUT2D eigenvalue weighted by atomic mass is 35.5. The first-order chi connectivity index (χ1) is 8.05. The van der Waals surface area contributed by atoms with Gasteiger partial charge in [0.1, 0.15) is 11.6 Å². The van der Waals surface area contributed by atoms with Gasteiger partial charge in [0.25, 0.3) is 0 Å². The molecule has 0 saturated carbocycles. The van der Waals surface area contributed by atoms with Crippen molar-refractivity contribution in [1.82, 2.24) is 0 Å². The Kier molecular flexibility index (Phi) is 3.69. The molecule has 1 aliphatic heterocycles. The van der Waals surface area contributed by atoms with Gasteiger partial charge in [0, 0.05) is 24.0 Å². The highest BCUT2D eigenvalue weighted by molar-refractivity contribution is 6.18. The van der Waals surface area contributed by atoms with Crippen LogP contribution in [0.15, 0.2) is 18.2 Å². The largest absolute Gasteiger partial charge is 0.378 e. The average molecular weight is 261 g/mol. The molecule has 1 nitrogen and oxygen atoms in total. The molecule has 1 saturated heterocycles. The van der Waals surface area contributed by atoms with Gasteiger partial charge in [-0.2, -0.15) is 0 Å². The molecule has 0 bridgehead atoms. The van der Waals surface area contributed by atoms with E-state index in [1.54, 1.807) is 0 Å². The maximum atomic E-state index is 13.1. The number of halogens is 3. The van der Waals surface area contributed by atoms with Gasteiger partial charge in [0.2, 0.25) is 0 Å². The van der Waals surface area contributed by atoms with E-state index >= 15 is 0 Å². The lowest BCUT2D eigenvalue weighted by molar-refractivity contribution is 0.0735. The predicted molar refractivity (Wildman–Crippen MR) is 63.2 cm³/mol. The minimum Gasteiger partial charge on any atom is -0.378 e. The molecular weight excluding hydrogens is 246 g/mol. The summed E-state index contributed by atoms with van der Waals surface area (Å²) in [6.07, 6.45) is 1.40. The summed E-state index contributed by atoms with van der Waals surface area (Å²) >= 11 is 6.02. The van der Waals surface area contributed by atoms with E-state index in [9.17, 15) is 8.78 Å². The topological polar surface area (TPSA) is 9.23 Å². The van der Waals surface area contributed by atoms with Crippen LogP contribution in [-0.4, -0.2) is 18.6 Å². The molecule has 0 spiro atoms. The van der Waals surface area contributed by atoms with E-state index in [1.807, 2.05) is 6.92 Å². The fourth-order valence-electron chi connectivity index (χ4n) is 2.39. The van der Waals surface area contributed by atoms with Gasteiger partial charge < -0.3 is 4.74 Å². The van der Waals surface area contributed by atoms with Crippen molar-refractivity contribution in [3.8, 4) is 0 Å².